The maximum atomic E-state index is 12.2. The van der Waals surface area contributed by atoms with Crippen LogP contribution in [0.15, 0.2) is 0 Å². The van der Waals surface area contributed by atoms with E-state index < -0.39 is 6.10 Å². The Hall–Kier alpha value is -1.18. The van der Waals surface area contributed by atoms with Crippen LogP contribution in [0.4, 0.5) is 0 Å². The number of carbonyl (C=O) groups excluding carboxylic acids is 2. The van der Waals surface area contributed by atoms with E-state index in [0.29, 0.717) is 41.9 Å². The molecule has 7 nitrogen and oxygen atoms in total. The van der Waals surface area contributed by atoms with Crippen LogP contribution in [-0.4, -0.2) is 64.8 Å². The lowest BCUT2D eigenvalue weighted by molar-refractivity contribution is -0.210. The monoisotopic (exact) mass is 522 g/mol. The minimum absolute atomic E-state index is 0.0508. The number of hydrogen-bond donors (Lipinski definition) is 0. The van der Waals surface area contributed by atoms with Crippen molar-refractivity contribution in [1.29, 1.82) is 0 Å². The van der Waals surface area contributed by atoms with Gasteiger partial charge in [-0.05, 0) is 97.7 Å². The fraction of sp³-hybridized carbons (Fsp3) is 0.933. The summed E-state index contributed by atoms with van der Waals surface area (Å²) < 4.78 is 28.4. The molecular formula is C30H50O7. The van der Waals surface area contributed by atoms with Crippen LogP contribution in [0.25, 0.3) is 0 Å². The van der Waals surface area contributed by atoms with Crippen LogP contribution in [0.5, 0.6) is 0 Å². The molecule has 0 heterocycles. The zero-order valence-corrected chi connectivity index (χ0v) is 24.3. The first-order valence-electron chi connectivity index (χ1n) is 14.4. The summed E-state index contributed by atoms with van der Waals surface area (Å²) in [5, 5.41) is 0. The Bertz CT molecular complexity index is 831. The van der Waals surface area contributed by atoms with Crippen LogP contribution in [0.3, 0.4) is 0 Å². The summed E-state index contributed by atoms with van der Waals surface area (Å²) in [4.78, 5) is 24.2. The maximum absolute atomic E-state index is 12.2. The predicted octanol–water partition coefficient (Wildman–Crippen LogP) is 5.04. The molecule has 0 aromatic carbocycles. The SMILES string of the molecule is COC(=O)C(C[C@@H](C)[C@H]1CC[C@H]2[C@@H]3[C@@H](OC)C[C@@H]4C[C@@H](OC)[C@H](OC(C)=O)C[C@]4(C)[C@H]3CC[C@]12C)OC. The van der Waals surface area contributed by atoms with Gasteiger partial charge in [-0.1, -0.05) is 20.8 Å². The second-order valence-corrected chi connectivity index (χ2v) is 13.1. The van der Waals surface area contributed by atoms with E-state index in [1.807, 2.05) is 7.11 Å². The van der Waals surface area contributed by atoms with E-state index >= 15 is 0 Å². The Morgan fingerprint density at radius 2 is 1.54 bits per heavy atom. The second kappa shape index (κ2) is 11.1. The Kier molecular flexibility index (Phi) is 8.67. The normalized spacial score (nSPS) is 44.6. The minimum atomic E-state index is -0.505. The molecule has 4 aliphatic carbocycles. The van der Waals surface area contributed by atoms with E-state index in [1.165, 1.54) is 39.7 Å². The van der Waals surface area contributed by atoms with Crippen LogP contribution in [0.1, 0.15) is 79.1 Å². The van der Waals surface area contributed by atoms with Crippen molar-refractivity contribution in [2.75, 3.05) is 28.4 Å². The third-order valence-electron chi connectivity index (χ3n) is 11.6. The zero-order valence-electron chi connectivity index (χ0n) is 24.3. The quantitative estimate of drug-likeness (QED) is 0.413. The van der Waals surface area contributed by atoms with Crippen molar-refractivity contribution in [3.8, 4) is 0 Å². The number of carbonyl (C=O) groups is 2. The Morgan fingerprint density at radius 1 is 0.892 bits per heavy atom. The van der Waals surface area contributed by atoms with Crippen molar-refractivity contribution in [1.82, 2.24) is 0 Å². The molecule has 0 bridgehead atoms. The number of esters is 2. The lowest BCUT2D eigenvalue weighted by Gasteiger charge is -2.63. The number of hydrogen-bond acceptors (Lipinski definition) is 7. The molecule has 212 valence electrons. The Morgan fingerprint density at radius 3 is 2.14 bits per heavy atom. The van der Waals surface area contributed by atoms with Gasteiger partial charge in [0, 0.05) is 28.3 Å². The Balaban J connectivity index is 1.58. The molecule has 37 heavy (non-hydrogen) atoms. The summed E-state index contributed by atoms with van der Waals surface area (Å²) in [5.74, 6) is 2.54. The molecule has 4 rings (SSSR count). The summed E-state index contributed by atoms with van der Waals surface area (Å²) in [7, 11) is 6.66. The molecule has 4 saturated carbocycles. The van der Waals surface area contributed by atoms with E-state index in [0.717, 1.165) is 19.3 Å². The van der Waals surface area contributed by atoms with Gasteiger partial charge < -0.3 is 23.7 Å². The average molecular weight is 523 g/mol. The number of fused-ring (bicyclic) bond motifs is 5. The summed E-state index contributed by atoms with van der Waals surface area (Å²) in [6.45, 7) is 8.76. The molecule has 1 unspecified atom stereocenters. The highest BCUT2D eigenvalue weighted by molar-refractivity contribution is 5.74. The summed E-state index contributed by atoms with van der Waals surface area (Å²) in [6, 6.07) is 0. The standard InChI is InChI=1S/C30H50O7/c1-17(13-25(35-7)28(32)36-8)20-9-10-21-27-22(11-12-29(20,21)3)30(4)16-26(37-18(2)31)23(33-5)14-19(30)15-24(27)34-6/h17,19-27H,9-16H2,1-8H3/t17-,19+,20-,21+,22+,23-,24+,25?,26-,27+,29-,30+/m1/s1. The minimum Gasteiger partial charge on any atom is -0.467 e. The topological polar surface area (TPSA) is 80.3 Å². The Labute approximate surface area is 223 Å². The number of methoxy groups -OCH3 is 4. The number of ether oxygens (including phenoxy) is 5. The van der Waals surface area contributed by atoms with Crippen LogP contribution in [0, 0.1) is 46.3 Å². The molecule has 4 fully saturated rings. The van der Waals surface area contributed by atoms with Crippen molar-refractivity contribution in [2.45, 2.75) is 103 Å². The second-order valence-electron chi connectivity index (χ2n) is 13.1. The third kappa shape index (κ3) is 4.98. The molecule has 0 spiro atoms. The summed E-state index contributed by atoms with van der Waals surface area (Å²) >= 11 is 0. The fourth-order valence-corrected chi connectivity index (χ4v) is 9.90. The van der Waals surface area contributed by atoms with Gasteiger partial charge in [0.05, 0.1) is 19.3 Å². The smallest absolute Gasteiger partial charge is 0.334 e. The van der Waals surface area contributed by atoms with Gasteiger partial charge in [0.15, 0.2) is 6.10 Å². The maximum Gasteiger partial charge on any atom is 0.334 e. The fourth-order valence-electron chi connectivity index (χ4n) is 9.90. The van der Waals surface area contributed by atoms with E-state index in [-0.39, 0.29) is 41.1 Å². The first kappa shape index (κ1) is 28.8. The first-order valence-corrected chi connectivity index (χ1v) is 14.4. The highest BCUT2D eigenvalue weighted by atomic mass is 16.6. The van der Waals surface area contributed by atoms with Crippen molar-refractivity contribution < 1.29 is 33.3 Å². The van der Waals surface area contributed by atoms with Crippen molar-refractivity contribution in [2.24, 2.45) is 46.3 Å². The van der Waals surface area contributed by atoms with Gasteiger partial charge in [0.25, 0.3) is 0 Å². The van der Waals surface area contributed by atoms with Crippen LogP contribution >= 0.6 is 0 Å². The van der Waals surface area contributed by atoms with Gasteiger partial charge in [-0.15, -0.1) is 0 Å². The molecule has 0 aromatic rings. The van der Waals surface area contributed by atoms with E-state index in [1.54, 1.807) is 14.2 Å². The van der Waals surface area contributed by atoms with Crippen molar-refractivity contribution in [3.05, 3.63) is 0 Å². The van der Waals surface area contributed by atoms with Gasteiger partial charge in [-0.3, -0.25) is 4.79 Å². The van der Waals surface area contributed by atoms with Crippen molar-refractivity contribution in [3.63, 3.8) is 0 Å². The largest absolute Gasteiger partial charge is 0.467 e. The highest BCUT2D eigenvalue weighted by Crippen LogP contribution is 2.69. The molecule has 0 amide bonds. The molecular weight excluding hydrogens is 472 g/mol. The van der Waals surface area contributed by atoms with Crippen LogP contribution < -0.4 is 0 Å². The van der Waals surface area contributed by atoms with Crippen molar-refractivity contribution >= 4 is 11.9 Å². The molecule has 0 radical (unpaired) electrons. The molecule has 0 N–H and O–H groups in total. The predicted molar refractivity (Wildman–Crippen MR) is 140 cm³/mol. The molecule has 12 atom stereocenters. The molecule has 0 saturated heterocycles. The number of rotatable bonds is 8. The average Bonchev–Trinajstić information content (AvgIpc) is 3.22. The summed E-state index contributed by atoms with van der Waals surface area (Å²) in [6.07, 6.45) is 7.77. The first-order chi connectivity index (χ1) is 17.5. The molecule has 4 aliphatic rings. The van der Waals surface area contributed by atoms with Gasteiger partial charge in [0.2, 0.25) is 0 Å². The van der Waals surface area contributed by atoms with Gasteiger partial charge >= 0.3 is 11.9 Å². The molecule has 0 aliphatic heterocycles. The van der Waals surface area contributed by atoms with Gasteiger partial charge in [0.1, 0.15) is 6.10 Å². The highest BCUT2D eigenvalue weighted by Gasteiger charge is 2.64. The van der Waals surface area contributed by atoms with Crippen LogP contribution in [-0.2, 0) is 33.3 Å². The van der Waals surface area contributed by atoms with Gasteiger partial charge in [-0.2, -0.15) is 0 Å². The third-order valence-corrected chi connectivity index (χ3v) is 11.6. The lowest BCUT2D eigenvalue weighted by atomic mass is 9.43. The molecule has 7 heteroatoms. The lowest BCUT2D eigenvalue weighted by Crippen LogP contribution is -2.61. The van der Waals surface area contributed by atoms with Gasteiger partial charge in [-0.25, -0.2) is 4.79 Å². The van der Waals surface area contributed by atoms with E-state index in [4.69, 9.17) is 23.7 Å². The molecule has 0 aromatic heterocycles. The van der Waals surface area contributed by atoms with E-state index in [2.05, 4.69) is 20.8 Å². The summed E-state index contributed by atoms with van der Waals surface area (Å²) in [5.41, 5.74) is 0.319. The zero-order chi connectivity index (χ0) is 27.1. The van der Waals surface area contributed by atoms with Crippen LogP contribution in [0.2, 0.25) is 0 Å². The van der Waals surface area contributed by atoms with E-state index in [9.17, 15) is 9.59 Å².